The minimum absolute atomic E-state index is 0.0356. The van der Waals surface area contributed by atoms with Crippen LogP contribution in [0.25, 0.3) is 0 Å². The van der Waals surface area contributed by atoms with Gasteiger partial charge in [0.05, 0.1) is 25.8 Å². The van der Waals surface area contributed by atoms with Crippen LogP contribution < -0.4 is 27.0 Å². The molecule has 1 unspecified atom stereocenters. The summed E-state index contributed by atoms with van der Waals surface area (Å²) in [6.45, 7) is -0.560. The van der Waals surface area contributed by atoms with E-state index in [0.29, 0.717) is 5.56 Å². The van der Waals surface area contributed by atoms with Crippen LogP contribution in [-0.4, -0.2) is 88.8 Å². The Morgan fingerprint density at radius 2 is 1.48 bits per heavy atom. The first kappa shape index (κ1) is 27.5. The van der Waals surface area contributed by atoms with Crippen LogP contribution in [0.15, 0.2) is 30.3 Å². The molecule has 0 fully saturated rings. The third-order valence-electron chi connectivity index (χ3n) is 4.38. The average Bonchev–Trinajstić information content (AvgIpc) is 2.78. The van der Waals surface area contributed by atoms with Gasteiger partial charge in [-0.05, 0) is 12.5 Å². The summed E-state index contributed by atoms with van der Waals surface area (Å²) in [5.41, 5.74) is 5.98. The molecule has 13 nitrogen and oxygen atoms in total. The van der Waals surface area contributed by atoms with E-state index in [4.69, 9.17) is 10.8 Å². The van der Waals surface area contributed by atoms with E-state index >= 15 is 0 Å². The van der Waals surface area contributed by atoms with Crippen LogP contribution in [-0.2, 0) is 30.4 Å². The van der Waals surface area contributed by atoms with E-state index < -0.39 is 73.5 Å². The summed E-state index contributed by atoms with van der Waals surface area (Å²) < 4.78 is 0. The Bertz CT molecular complexity index is 833. The second-order valence-corrected chi connectivity index (χ2v) is 7.16. The molecule has 0 aliphatic carbocycles. The Kier molecular flexibility index (Phi) is 11.5. The van der Waals surface area contributed by atoms with Crippen LogP contribution in [0.3, 0.4) is 0 Å². The molecule has 9 N–H and O–H groups in total. The van der Waals surface area contributed by atoms with E-state index in [2.05, 4.69) is 21.3 Å². The number of hydrogen-bond donors (Lipinski definition) is 8. The van der Waals surface area contributed by atoms with E-state index in [1.165, 1.54) is 6.92 Å². The van der Waals surface area contributed by atoms with E-state index in [-0.39, 0.29) is 6.42 Å². The molecule has 0 aromatic heterocycles. The molecule has 0 radical (unpaired) electrons. The highest BCUT2D eigenvalue weighted by Gasteiger charge is 2.27. The van der Waals surface area contributed by atoms with Gasteiger partial charge in [-0.1, -0.05) is 30.3 Å². The van der Waals surface area contributed by atoms with Crippen LogP contribution in [0, 0.1) is 0 Å². The standard InChI is InChI=1S/C20H29N5O8/c1-11(27)17(25-16(29)9-22-18(30)13(21)10-26)19(31)23-8-15(28)24-14(20(32)33)7-12-5-3-2-4-6-12/h2-6,11,13-14,17,26-27H,7-10,21H2,1H3,(H,22,30)(H,23,31)(H,24,28)(H,25,29)(H,32,33)/t11?,13-,14-,17-/m0/s1. The normalized spacial score (nSPS) is 14.2. The number of nitrogens with two attached hydrogens (primary N) is 1. The molecule has 0 saturated carbocycles. The number of benzene rings is 1. The lowest BCUT2D eigenvalue weighted by Gasteiger charge is -2.21. The Labute approximate surface area is 189 Å². The number of carbonyl (C=O) groups is 5. The maximum atomic E-state index is 12.3. The fraction of sp³-hybridized carbons (Fsp3) is 0.450. The van der Waals surface area contributed by atoms with Gasteiger partial charge >= 0.3 is 5.97 Å². The predicted octanol–water partition coefficient (Wildman–Crippen LogP) is -3.78. The SMILES string of the molecule is CC(O)[C@H](NC(=O)CNC(=O)[C@@H](N)CO)C(=O)NCC(=O)N[C@@H](Cc1ccccc1)C(=O)O. The van der Waals surface area contributed by atoms with Crippen molar-refractivity contribution in [2.45, 2.75) is 37.6 Å². The highest BCUT2D eigenvalue weighted by atomic mass is 16.4. The zero-order valence-corrected chi connectivity index (χ0v) is 18.0. The lowest BCUT2D eigenvalue weighted by atomic mass is 10.1. The second-order valence-electron chi connectivity index (χ2n) is 7.16. The highest BCUT2D eigenvalue weighted by Crippen LogP contribution is 2.03. The van der Waals surface area contributed by atoms with Gasteiger partial charge in [0.1, 0.15) is 18.1 Å². The van der Waals surface area contributed by atoms with Gasteiger partial charge < -0.3 is 42.3 Å². The highest BCUT2D eigenvalue weighted by molar-refractivity contribution is 5.93. The molecule has 33 heavy (non-hydrogen) atoms. The quantitative estimate of drug-likeness (QED) is 0.142. The molecular formula is C20H29N5O8. The summed E-state index contributed by atoms with van der Waals surface area (Å²) in [5, 5.41) is 36.8. The third kappa shape index (κ3) is 10.1. The first-order valence-corrected chi connectivity index (χ1v) is 10.0. The van der Waals surface area contributed by atoms with E-state index in [1.807, 2.05) is 0 Å². The van der Waals surface area contributed by atoms with Gasteiger partial charge in [0.15, 0.2) is 0 Å². The summed E-state index contributed by atoms with van der Waals surface area (Å²) >= 11 is 0. The summed E-state index contributed by atoms with van der Waals surface area (Å²) in [6.07, 6.45) is -1.31. The zero-order chi connectivity index (χ0) is 25.0. The van der Waals surface area contributed by atoms with Crippen molar-refractivity contribution in [3.8, 4) is 0 Å². The summed E-state index contributed by atoms with van der Waals surface area (Å²) in [7, 11) is 0. The van der Waals surface area contributed by atoms with Crippen LogP contribution in [0.1, 0.15) is 12.5 Å². The number of carboxylic acids is 1. The summed E-state index contributed by atoms with van der Waals surface area (Å²) in [6, 6.07) is 4.75. The van der Waals surface area contributed by atoms with E-state index in [0.717, 1.165) is 0 Å². The van der Waals surface area contributed by atoms with E-state index in [1.54, 1.807) is 30.3 Å². The Morgan fingerprint density at radius 1 is 0.939 bits per heavy atom. The average molecular weight is 467 g/mol. The van der Waals surface area contributed by atoms with Crippen molar-refractivity contribution in [3.05, 3.63) is 35.9 Å². The molecule has 0 bridgehead atoms. The zero-order valence-electron chi connectivity index (χ0n) is 18.0. The molecule has 1 rings (SSSR count). The van der Waals surface area contributed by atoms with Gasteiger partial charge in [-0.2, -0.15) is 0 Å². The van der Waals surface area contributed by atoms with Crippen LogP contribution in [0.4, 0.5) is 0 Å². The van der Waals surface area contributed by atoms with Crippen molar-refractivity contribution in [2.75, 3.05) is 19.7 Å². The Morgan fingerprint density at radius 3 is 2.00 bits per heavy atom. The number of carbonyl (C=O) groups excluding carboxylic acids is 4. The first-order chi connectivity index (χ1) is 15.5. The van der Waals surface area contributed by atoms with Crippen LogP contribution in [0.2, 0.25) is 0 Å². The molecule has 1 aromatic carbocycles. The van der Waals surface area contributed by atoms with Gasteiger partial charge in [0.25, 0.3) is 0 Å². The molecule has 182 valence electrons. The third-order valence-corrected chi connectivity index (χ3v) is 4.38. The van der Waals surface area contributed by atoms with Crippen molar-refractivity contribution in [1.29, 1.82) is 0 Å². The molecule has 1 aromatic rings. The number of aliphatic carboxylic acids is 1. The van der Waals surface area contributed by atoms with Gasteiger partial charge in [-0.25, -0.2) is 4.79 Å². The minimum atomic E-state index is -1.45. The maximum Gasteiger partial charge on any atom is 0.326 e. The molecule has 4 amide bonds. The lowest BCUT2D eigenvalue weighted by Crippen LogP contribution is -2.56. The molecule has 0 heterocycles. The maximum absolute atomic E-state index is 12.3. The minimum Gasteiger partial charge on any atom is -0.480 e. The molecule has 0 aliphatic heterocycles. The fourth-order valence-corrected chi connectivity index (χ4v) is 2.58. The Hall–Kier alpha value is -3.55. The van der Waals surface area contributed by atoms with Crippen molar-refractivity contribution in [1.82, 2.24) is 21.3 Å². The lowest BCUT2D eigenvalue weighted by molar-refractivity contribution is -0.141. The number of nitrogens with one attached hydrogen (secondary N) is 4. The van der Waals surface area contributed by atoms with Crippen molar-refractivity contribution < 1.29 is 39.3 Å². The molecule has 0 saturated heterocycles. The van der Waals surface area contributed by atoms with Gasteiger partial charge in [-0.15, -0.1) is 0 Å². The van der Waals surface area contributed by atoms with Gasteiger partial charge in [0.2, 0.25) is 23.6 Å². The first-order valence-electron chi connectivity index (χ1n) is 10.0. The number of carboxylic acid groups (broad SMARTS) is 1. The van der Waals surface area contributed by atoms with Gasteiger partial charge in [0, 0.05) is 6.42 Å². The van der Waals surface area contributed by atoms with Crippen molar-refractivity contribution in [3.63, 3.8) is 0 Å². The number of rotatable bonds is 13. The van der Waals surface area contributed by atoms with Crippen molar-refractivity contribution >= 4 is 29.6 Å². The summed E-state index contributed by atoms with van der Waals surface area (Å²) in [5.74, 6) is -4.55. The molecular weight excluding hydrogens is 438 g/mol. The largest absolute Gasteiger partial charge is 0.480 e. The number of amides is 4. The fourth-order valence-electron chi connectivity index (χ4n) is 2.58. The molecule has 4 atom stereocenters. The molecule has 0 aliphatic rings. The number of aliphatic hydroxyl groups excluding tert-OH is 2. The predicted molar refractivity (Wildman–Crippen MR) is 114 cm³/mol. The number of aliphatic hydroxyl groups is 2. The monoisotopic (exact) mass is 467 g/mol. The second kappa shape index (κ2) is 13.8. The van der Waals surface area contributed by atoms with Crippen LogP contribution in [0.5, 0.6) is 0 Å². The topological polar surface area (TPSA) is 220 Å². The molecule has 13 heteroatoms. The molecule has 0 spiro atoms. The summed E-state index contributed by atoms with van der Waals surface area (Å²) in [4.78, 5) is 59.3. The van der Waals surface area contributed by atoms with Crippen LogP contribution >= 0.6 is 0 Å². The number of hydrogen-bond acceptors (Lipinski definition) is 8. The van der Waals surface area contributed by atoms with Gasteiger partial charge in [-0.3, -0.25) is 19.2 Å². The smallest absolute Gasteiger partial charge is 0.326 e. The van der Waals surface area contributed by atoms with E-state index in [9.17, 15) is 34.2 Å². The van der Waals surface area contributed by atoms with Crippen molar-refractivity contribution in [2.24, 2.45) is 5.73 Å². The Balaban J connectivity index is 2.57.